The van der Waals surface area contributed by atoms with E-state index in [-0.39, 0.29) is 5.91 Å². The van der Waals surface area contributed by atoms with Crippen LogP contribution in [0.3, 0.4) is 0 Å². The molecule has 0 bridgehead atoms. The lowest BCUT2D eigenvalue weighted by Crippen LogP contribution is -2.39. The van der Waals surface area contributed by atoms with E-state index in [1.165, 1.54) is 0 Å². The average Bonchev–Trinajstić information content (AvgIpc) is 2.86. The minimum absolute atomic E-state index is 0.136. The normalized spacial score (nSPS) is 11.5. The van der Waals surface area contributed by atoms with E-state index in [0.29, 0.717) is 36.8 Å². The van der Waals surface area contributed by atoms with Crippen LogP contribution in [0.25, 0.3) is 0 Å². The third kappa shape index (κ3) is 6.66. The van der Waals surface area contributed by atoms with Crippen LogP contribution in [0.5, 0.6) is 17.2 Å². The molecule has 1 aromatic carbocycles. The highest BCUT2D eigenvalue weighted by molar-refractivity contribution is 5.83. The first-order valence-corrected chi connectivity index (χ1v) is 10.7. The molecule has 1 atom stereocenters. The molecule has 1 unspecified atom stereocenters. The molecule has 33 heavy (non-hydrogen) atoms. The van der Waals surface area contributed by atoms with Gasteiger partial charge in [-0.05, 0) is 59.9 Å². The molecule has 3 aromatic rings. The average molecular weight is 451 g/mol. The van der Waals surface area contributed by atoms with Crippen LogP contribution >= 0.6 is 0 Å². The molecule has 0 saturated heterocycles. The number of amides is 1. The highest BCUT2D eigenvalue weighted by Crippen LogP contribution is 2.39. The number of ether oxygens (including phenoxy) is 3. The summed E-state index contributed by atoms with van der Waals surface area (Å²) in [6.07, 6.45) is 8.50. The second kappa shape index (κ2) is 12.4. The molecule has 0 aliphatic heterocycles. The quantitative estimate of drug-likeness (QED) is 0.438. The molecule has 3 rings (SSSR count). The fraction of sp³-hybridized carbons (Fsp3) is 0.320. The largest absolute Gasteiger partial charge is 0.493 e. The van der Waals surface area contributed by atoms with Crippen LogP contribution in [0.2, 0.25) is 0 Å². The number of hydrogen-bond donors (Lipinski definition) is 2. The molecular formula is C25H30N4O4. The third-order valence-corrected chi connectivity index (χ3v) is 5.23. The van der Waals surface area contributed by atoms with E-state index in [1.807, 2.05) is 24.3 Å². The van der Waals surface area contributed by atoms with Crippen LogP contribution in [0.4, 0.5) is 0 Å². The SMILES string of the molecule is COc1cc(C(NCCc2ccncc2)C(=O)NCCc2cccnc2)cc(OC)c1OC. The fourth-order valence-electron chi connectivity index (χ4n) is 3.52. The summed E-state index contributed by atoms with van der Waals surface area (Å²) in [5, 5.41) is 6.41. The first-order valence-electron chi connectivity index (χ1n) is 10.7. The number of hydrogen-bond acceptors (Lipinski definition) is 7. The van der Waals surface area contributed by atoms with E-state index in [4.69, 9.17) is 14.2 Å². The standard InChI is InChI=1S/C25H30N4O4/c1-31-21-15-20(16-22(32-2)24(21)33-3)23(28-13-8-18-6-11-26-12-7-18)25(30)29-14-9-19-5-4-10-27-17-19/h4-7,10-12,15-17,23,28H,8-9,13-14H2,1-3H3,(H,29,30). The van der Waals surface area contributed by atoms with Gasteiger partial charge in [-0.3, -0.25) is 14.8 Å². The Kier molecular flexibility index (Phi) is 9.02. The molecule has 0 fully saturated rings. The van der Waals surface area contributed by atoms with Gasteiger partial charge in [0.05, 0.1) is 21.3 Å². The summed E-state index contributed by atoms with van der Waals surface area (Å²) < 4.78 is 16.4. The van der Waals surface area contributed by atoms with Crippen molar-refractivity contribution in [2.24, 2.45) is 0 Å². The number of carbonyl (C=O) groups excluding carboxylic acids is 1. The Morgan fingerprint density at radius 1 is 0.879 bits per heavy atom. The smallest absolute Gasteiger partial charge is 0.241 e. The van der Waals surface area contributed by atoms with E-state index < -0.39 is 6.04 Å². The summed E-state index contributed by atoms with van der Waals surface area (Å²) in [7, 11) is 4.66. The Labute approximate surface area is 194 Å². The summed E-state index contributed by atoms with van der Waals surface area (Å²) in [5.41, 5.74) is 2.92. The van der Waals surface area contributed by atoms with E-state index in [1.54, 1.807) is 58.2 Å². The van der Waals surface area contributed by atoms with Crippen LogP contribution in [0.1, 0.15) is 22.7 Å². The summed E-state index contributed by atoms with van der Waals surface area (Å²) in [6.45, 7) is 1.10. The summed E-state index contributed by atoms with van der Waals surface area (Å²) in [5.74, 6) is 1.34. The Balaban J connectivity index is 1.77. The van der Waals surface area contributed by atoms with Gasteiger partial charge in [-0.1, -0.05) is 6.07 Å². The monoisotopic (exact) mass is 450 g/mol. The van der Waals surface area contributed by atoms with Crippen molar-refractivity contribution in [2.45, 2.75) is 18.9 Å². The van der Waals surface area contributed by atoms with Gasteiger partial charge < -0.3 is 24.8 Å². The number of nitrogens with one attached hydrogen (secondary N) is 2. The van der Waals surface area contributed by atoms with Gasteiger partial charge in [-0.15, -0.1) is 0 Å². The van der Waals surface area contributed by atoms with Gasteiger partial charge >= 0.3 is 0 Å². The molecule has 2 heterocycles. The zero-order chi connectivity index (χ0) is 23.5. The van der Waals surface area contributed by atoms with Gasteiger partial charge in [0.25, 0.3) is 0 Å². The van der Waals surface area contributed by atoms with Crippen molar-refractivity contribution in [3.05, 3.63) is 77.9 Å². The van der Waals surface area contributed by atoms with Crippen molar-refractivity contribution >= 4 is 5.91 Å². The maximum Gasteiger partial charge on any atom is 0.241 e. The molecule has 0 saturated carbocycles. The molecule has 1 amide bonds. The number of aromatic nitrogens is 2. The molecule has 0 spiro atoms. The Morgan fingerprint density at radius 2 is 1.58 bits per heavy atom. The second-order valence-corrected chi connectivity index (χ2v) is 7.35. The van der Waals surface area contributed by atoms with Crippen molar-refractivity contribution in [1.29, 1.82) is 0 Å². The molecule has 8 heteroatoms. The van der Waals surface area contributed by atoms with Crippen molar-refractivity contribution in [3.63, 3.8) is 0 Å². The van der Waals surface area contributed by atoms with Crippen molar-refractivity contribution in [1.82, 2.24) is 20.6 Å². The van der Waals surface area contributed by atoms with Gasteiger partial charge in [0, 0.05) is 37.9 Å². The number of rotatable bonds is 12. The highest BCUT2D eigenvalue weighted by Gasteiger charge is 2.24. The van der Waals surface area contributed by atoms with E-state index in [2.05, 4.69) is 20.6 Å². The van der Waals surface area contributed by atoms with Gasteiger partial charge in [-0.25, -0.2) is 0 Å². The van der Waals surface area contributed by atoms with Crippen molar-refractivity contribution in [3.8, 4) is 17.2 Å². The van der Waals surface area contributed by atoms with Gasteiger partial charge in [0.2, 0.25) is 11.7 Å². The van der Waals surface area contributed by atoms with E-state index >= 15 is 0 Å². The molecule has 174 valence electrons. The van der Waals surface area contributed by atoms with Gasteiger partial charge in [-0.2, -0.15) is 0 Å². The number of methoxy groups -OCH3 is 3. The zero-order valence-corrected chi connectivity index (χ0v) is 19.2. The number of carbonyl (C=O) groups is 1. The number of pyridine rings is 2. The first kappa shape index (κ1) is 24.0. The van der Waals surface area contributed by atoms with Gasteiger partial charge in [0.1, 0.15) is 6.04 Å². The molecular weight excluding hydrogens is 420 g/mol. The Hall–Kier alpha value is -3.65. The van der Waals surface area contributed by atoms with E-state index in [9.17, 15) is 4.79 Å². The molecule has 8 nitrogen and oxygen atoms in total. The van der Waals surface area contributed by atoms with Gasteiger partial charge in [0.15, 0.2) is 11.5 Å². The van der Waals surface area contributed by atoms with Crippen molar-refractivity contribution < 1.29 is 19.0 Å². The van der Waals surface area contributed by atoms with E-state index in [0.717, 1.165) is 23.1 Å². The topological polar surface area (TPSA) is 94.6 Å². The molecule has 0 aliphatic rings. The summed E-state index contributed by atoms with van der Waals surface area (Å²) in [6, 6.07) is 10.8. The molecule has 2 aromatic heterocycles. The molecule has 0 aliphatic carbocycles. The maximum absolute atomic E-state index is 13.2. The minimum atomic E-state index is -0.602. The van der Waals surface area contributed by atoms with Crippen LogP contribution < -0.4 is 24.8 Å². The predicted molar refractivity (Wildman–Crippen MR) is 126 cm³/mol. The lowest BCUT2D eigenvalue weighted by Gasteiger charge is -2.21. The highest BCUT2D eigenvalue weighted by atomic mass is 16.5. The zero-order valence-electron chi connectivity index (χ0n) is 19.2. The van der Waals surface area contributed by atoms with Crippen LogP contribution in [-0.4, -0.2) is 50.3 Å². The van der Waals surface area contributed by atoms with Crippen LogP contribution in [0.15, 0.2) is 61.2 Å². The number of nitrogens with zero attached hydrogens (tertiary/aromatic N) is 2. The first-order chi connectivity index (χ1) is 16.2. The van der Waals surface area contributed by atoms with Crippen LogP contribution in [0, 0.1) is 0 Å². The Bertz CT molecular complexity index is 990. The molecule has 2 N–H and O–H groups in total. The predicted octanol–water partition coefficient (Wildman–Crippen LogP) is 2.73. The maximum atomic E-state index is 13.2. The minimum Gasteiger partial charge on any atom is -0.493 e. The number of benzene rings is 1. The Morgan fingerprint density at radius 3 is 2.18 bits per heavy atom. The molecule has 0 radical (unpaired) electrons. The summed E-state index contributed by atoms with van der Waals surface area (Å²) in [4.78, 5) is 21.4. The lowest BCUT2D eigenvalue weighted by molar-refractivity contribution is -0.123. The lowest BCUT2D eigenvalue weighted by atomic mass is 10.0. The second-order valence-electron chi connectivity index (χ2n) is 7.35. The van der Waals surface area contributed by atoms with Crippen molar-refractivity contribution in [2.75, 3.05) is 34.4 Å². The third-order valence-electron chi connectivity index (χ3n) is 5.23. The summed E-state index contributed by atoms with van der Waals surface area (Å²) >= 11 is 0. The fourth-order valence-corrected chi connectivity index (χ4v) is 3.52. The van der Waals surface area contributed by atoms with Crippen LogP contribution in [-0.2, 0) is 17.6 Å².